The van der Waals surface area contributed by atoms with E-state index in [-0.39, 0.29) is 23.5 Å². The number of nitrogens with one attached hydrogen (secondary N) is 1. The third-order valence-corrected chi connectivity index (χ3v) is 3.48. The van der Waals surface area contributed by atoms with Crippen molar-refractivity contribution >= 4 is 35.1 Å². The molecule has 17 heavy (non-hydrogen) atoms. The van der Waals surface area contributed by atoms with Gasteiger partial charge in [0.1, 0.15) is 11.5 Å². The van der Waals surface area contributed by atoms with Crippen LogP contribution in [0.3, 0.4) is 0 Å². The molecular formula is C11H16ClN3OS. The highest BCUT2D eigenvalue weighted by molar-refractivity contribution is 7.99. The van der Waals surface area contributed by atoms with E-state index in [0.29, 0.717) is 5.02 Å². The second-order valence-corrected chi connectivity index (χ2v) is 5.33. The van der Waals surface area contributed by atoms with Gasteiger partial charge in [0.05, 0.1) is 5.02 Å². The predicted octanol–water partition coefficient (Wildman–Crippen LogP) is 2.19. The zero-order chi connectivity index (χ0) is 12.8. The van der Waals surface area contributed by atoms with Gasteiger partial charge in [-0.15, -0.1) is 0 Å². The molecule has 1 aromatic rings. The fourth-order valence-electron chi connectivity index (χ4n) is 1.24. The van der Waals surface area contributed by atoms with Crippen molar-refractivity contribution in [2.75, 3.05) is 17.2 Å². The van der Waals surface area contributed by atoms with Gasteiger partial charge in [-0.25, -0.2) is 4.98 Å². The number of anilines is 1. The van der Waals surface area contributed by atoms with Crippen molar-refractivity contribution in [1.29, 1.82) is 0 Å². The van der Waals surface area contributed by atoms with Gasteiger partial charge in [-0.1, -0.05) is 18.5 Å². The SMILES string of the molecule is CCSCC(C)NC(=O)c1nc(N)ccc1Cl. The first-order chi connectivity index (χ1) is 8.04. The van der Waals surface area contributed by atoms with Crippen molar-refractivity contribution in [2.45, 2.75) is 19.9 Å². The number of nitrogens with two attached hydrogens (primary N) is 1. The van der Waals surface area contributed by atoms with Crippen LogP contribution in [-0.2, 0) is 0 Å². The van der Waals surface area contributed by atoms with Gasteiger partial charge in [0.15, 0.2) is 0 Å². The van der Waals surface area contributed by atoms with E-state index in [9.17, 15) is 4.79 Å². The van der Waals surface area contributed by atoms with Crippen LogP contribution in [0.25, 0.3) is 0 Å². The molecule has 0 aromatic carbocycles. The van der Waals surface area contributed by atoms with Gasteiger partial charge in [0.25, 0.3) is 5.91 Å². The van der Waals surface area contributed by atoms with Crippen LogP contribution in [0.2, 0.25) is 5.02 Å². The van der Waals surface area contributed by atoms with Crippen molar-refractivity contribution in [1.82, 2.24) is 10.3 Å². The molecule has 0 bridgehead atoms. The Hall–Kier alpha value is -0.940. The number of nitrogens with zero attached hydrogens (tertiary/aromatic N) is 1. The van der Waals surface area contributed by atoms with E-state index in [1.807, 2.05) is 6.92 Å². The first-order valence-corrected chi connectivity index (χ1v) is 6.88. The van der Waals surface area contributed by atoms with Crippen LogP contribution < -0.4 is 11.1 Å². The summed E-state index contributed by atoms with van der Waals surface area (Å²) in [5.74, 6) is 1.89. The average Bonchev–Trinajstić information content (AvgIpc) is 2.29. The third kappa shape index (κ3) is 4.44. The summed E-state index contributed by atoms with van der Waals surface area (Å²) in [4.78, 5) is 15.8. The molecule has 0 radical (unpaired) electrons. The number of rotatable bonds is 5. The van der Waals surface area contributed by atoms with Crippen molar-refractivity contribution in [3.05, 3.63) is 22.8 Å². The number of halogens is 1. The molecular weight excluding hydrogens is 258 g/mol. The van der Waals surface area contributed by atoms with E-state index < -0.39 is 0 Å². The van der Waals surface area contributed by atoms with Crippen LogP contribution in [0.15, 0.2) is 12.1 Å². The van der Waals surface area contributed by atoms with E-state index in [1.54, 1.807) is 23.9 Å². The zero-order valence-corrected chi connectivity index (χ0v) is 11.4. The minimum Gasteiger partial charge on any atom is -0.384 e. The summed E-state index contributed by atoms with van der Waals surface area (Å²) in [5.41, 5.74) is 5.70. The predicted molar refractivity (Wildman–Crippen MR) is 73.6 cm³/mol. The van der Waals surface area contributed by atoms with Crippen LogP contribution in [0.4, 0.5) is 5.82 Å². The molecule has 1 unspecified atom stereocenters. The Balaban J connectivity index is 2.66. The first kappa shape index (κ1) is 14.1. The number of carbonyl (C=O) groups is 1. The second-order valence-electron chi connectivity index (χ2n) is 3.60. The highest BCUT2D eigenvalue weighted by Crippen LogP contribution is 2.15. The number of nitrogen functional groups attached to an aromatic ring is 1. The number of hydrogen-bond acceptors (Lipinski definition) is 4. The summed E-state index contributed by atoms with van der Waals surface area (Å²) in [6.45, 7) is 4.02. The van der Waals surface area contributed by atoms with Crippen molar-refractivity contribution in [2.24, 2.45) is 0 Å². The normalized spacial score (nSPS) is 12.2. The summed E-state index contributed by atoms with van der Waals surface area (Å²) in [6.07, 6.45) is 0. The third-order valence-electron chi connectivity index (χ3n) is 2.03. The van der Waals surface area contributed by atoms with Crippen LogP contribution in [0.1, 0.15) is 24.3 Å². The number of carbonyl (C=O) groups excluding carboxylic acids is 1. The van der Waals surface area contributed by atoms with Gasteiger partial charge >= 0.3 is 0 Å². The molecule has 0 saturated heterocycles. The lowest BCUT2D eigenvalue weighted by Crippen LogP contribution is -2.35. The molecule has 1 aromatic heterocycles. The van der Waals surface area contributed by atoms with Gasteiger partial charge in [-0.3, -0.25) is 4.79 Å². The van der Waals surface area contributed by atoms with Crippen LogP contribution in [-0.4, -0.2) is 28.4 Å². The molecule has 1 atom stereocenters. The van der Waals surface area contributed by atoms with Crippen molar-refractivity contribution in [3.63, 3.8) is 0 Å². The monoisotopic (exact) mass is 273 g/mol. The van der Waals surface area contributed by atoms with E-state index in [0.717, 1.165) is 11.5 Å². The molecule has 0 fully saturated rings. The summed E-state index contributed by atoms with van der Waals surface area (Å²) >= 11 is 7.66. The molecule has 0 saturated carbocycles. The zero-order valence-electron chi connectivity index (χ0n) is 9.87. The molecule has 1 amide bonds. The number of pyridine rings is 1. The molecule has 0 aliphatic rings. The topological polar surface area (TPSA) is 68.0 Å². The fraction of sp³-hybridized carbons (Fsp3) is 0.455. The molecule has 1 rings (SSSR count). The fourth-order valence-corrected chi connectivity index (χ4v) is 2.11. The Bertz CT molecular complexity index is 400. The maximum Gasteiger partial charge on any atom is 0.271 e. The Morgan fingerprint density at radius 1 is 1.65 bits per heavy atom. The highest BCUT2D eigenvalue weighted by Gasteiger charge is 2.14. The van der Waals surface area contributed by atoms with Gasteiger partial charge in [0, 0.05) is 11.8 Å². The summed E-state index contributed by atoms with van der Waals surface area (Å²) in [5, 5.41) is 3.15. The molecule has 0 aliphatic heterocycles. The molecule has 6 heteroatoms. The molecule has 1 heterocycles. The molecule has 0 aliphatic carbocycles. The van der Waals surface area contributed by atoms with E-state index >= 15 is 0 Å². The number of hydrogen-bond donors (Lipinski definition) is 2. The minimum absolute atomic E-state index is 0.0757. The standard InChI is InChI=1S/C11H16ClN3OS/c1-3-17-6-7(2)14-11(16)10-8(12)4-5-9(13)15-10/h4-5,7H,3,6H2,1-2H3,(H2,13,15)(H,14,16). The van der Waals surface area contributed by atoms with Crippen LogP contribution in [0, 0.1) is 0 Å². The Kier molecular flexibility index (Phi) is 5.58. The number of amides is 1. The van der Waals surface area contributed by atoms with Crippen molar-refractivity contribution < 1.29 is 4.79 Å². The van der Waals surface area contributed by atoms with E-state index in [1.165, 1.54) is 0 Å². The number of aromatic nitrogens is 1. The molecule has 4 nitrogen and oxygen atoms in total. The van der Waals surface area contributed by atoms with Crippen LogP contribution in [0.5, 0.6) is 0 Å². The van der Waals surface area contributed by atoms with Crippen molar-refractivity contribution in [3.8, 4) is 0 Å². The Morgan fingerprint density at radius 3 is 3.00 bits per heavy atom. The first-order valence-electron chi connectivity index (χ1n) is 5.35. The van der Waals surface area contributed by atoms with Gasteiger partial charge in [-0.2, -0.15) is 11.8 Å². The highest BCUT2D eigenvalue weighted by atomic mass is 35.5. The van der Waals surface area contributed by atoms with Crippen LogP contribution >= 0.6 is 23.4 Å². The second kappa shape index (κ2) is 6.71. The maximum absolute atomic E-state index is 11.9. The molecule has 3 N–H and O–H groups in total. The Labute approximate surface area is 110 Å². The lowest BCUT2D eigenvalue weighted by atomic mass is 10.3. The lowest BCUT2D eigenvalue weighted by Gasteiger charge is -2.13. The summed E-state index contributed by atoms with van der Waals surface area (Å²) in [6, 6.07) is 3.21. The molecule has 94 valence electrons. The van der Waals surface area contributed by atoms with E-state index in [4.69, 9.17) is 17.3 Å². The summed E-state index contributed by atoms with van der Waals surface area (Å²) < 4.78 is 0. The van der Waals surface area contributed by atoms with Gasteiger partial charge in [0.2, 0.25) is 0 Å². The lowest BCUT2D eigenvalue weighted by molar-refractivity contribution is 0.0939. The number of thioether (sulfide) groups is 1. The van der Waals surface area contributed by atoms with Gasteiger partial charge < -0.3 is 11.1 Å². The minimum atomic E-state index is -0.286. The quantitative estimate of drug-likeness (QED) is 0.863. The average molecular weight is 274 g/mol. The van der Waals surface area contributed by atoms with E-state index in [2.05, 4.69) is 17.2 Å². The largest absolute Gasteiger partial charge is 0.384 e. The smallest absolute Gasteiger partial charge is 0.271 e. The molecule has 0 spiro atoms. The maximum atomic E-state index is 11.9. The summed E-state index contributed by atoms with van der Waals surface area (Å²) in [7, 11) is 0. The van der Waals surface area contributed by atoms with Gasteiger partial charge in [-0.05, 0) is 24.8 Å². The Morgan fingerprint density at radius 2 is 2.35 bits per heavy atom.